The van der Waals surface area contributed by atoms with Gasteiger partial charge in [0.05, 0.1) is 13.2 Å². The number of rotatable bonds is 4. The van der Waals surface area contributed by atoms with Crippen molar-refractivity contribution in [3.63, 3.8) is 0 Å². The molecule has 2 aromatic heterocycles. The molecular formula is C14H19N5O2. The molecule has 0 saturated carbocycles. The smallest absolute Gasteiger partial charge is 0.272 e. The fourth-order valence-electron chi connectivity index (χ4n) is 2.61. The normalized spacial score (nSPS) is 14.0. The van der Waals surface area contributed by atoms with E-state index in [2.05, 4.69) is 15.4 Å². The number of fused-ring (bicyclic) bond motifs is 1. The van der Waals surface area contributed by atoms with E-state index in [4.69, 9.17) is 4.74 Å². The molecule has 7 nitrogen and oxygen atoms in total. The zero-order valence-electron chi connectivity index (χ0n) is 12.3. The topological polar surface area (TPSA) is 74.0 Å². The molecular weight excluding hydrogens is 270 g/mol. The number of hydrogen-bond donors (Lipinski definition) is 1. The average Bonchev–Trinajstić information content (AvgIpc) is 3.04. The Balaban J connectivity index is 1.65. The van der Waals surface area contributed by atoms with Crippen LogP contribution >= 0.6 is 0 Å². The number of aryl methyl sites for hydroxylation is 2. The van der Waals surface area contributed by atoms with E-state index in [1.807, 2.05) is 24.7 Å². The third-order valence-corrected chi connectivity index (χ3v) is 3.78. The maximum absolute atomic E-state index is 12.3. The molecule has 2 aromatic rings. The van der Waals surface area contributed by atoms with Crippen molar-refractivity contribution < 1.29 is 9.53 Å². The van der Waals surface area contributed by atoms with Crippen molar-refractivity contribution >= 4 is 5.91 Å². The lowest BCUT2D eigenvalue weighted by molar-refractivity contribution is 0.0924. The van der Waals surface area contributed by atoms with Gasteiger partial charge >= 0.3 is 0 Å². The lowest BCUT2D eigenvalue weighted by Crippen LogP contribution is -2.29. The van der Waals surface area contributed by atoms with Crippen LogP contribution in [0.15, 0.2) is 12.4 Å². The molecule has 0 saturated heterocycles. The molecule has 7 heteroatoms. The Morgan fingerprint density at radius 1 is 1.52 bits per heavy atom. The van der Waals surface area contributed by atoms with Gasteiger partial charge in [-0.15, -0.1) is 0 Å². The van der Waals surface area contributed by atoms with E-state index in [1.54, 1.807) is 10.9 Å². The fraction of sp³-hybridized carbons (Fsp3) is 0.500. The van der Waals surface area contributed by atoms with Gasteiger partial charge in [0.1, 0.15) is 5.82 Å². The number of aromatic nitrogens is 4. The van der Waals surface area contributed by atoms with E-state index >= 15 is 0 Å². The highest BCUT2D eigenvalue weighted by molar-refractivity contribution is 5.94. The molecule has 1 aliphatic rings. The van der Waals surface area contributed by atoms with Gasteiger partial charge in [0.25, 0.3) is 5.91 Å². The monoisotopic (exact) mass is 289 g/mol. The molecule has 21 heavy (non-hydrogen) atoms. The van der Waals surface area contributed by atoms with Crippen molar-refractivity contribution in [2.24, 2.45) is 7.05 Å². The van der Waals surface area contributed by atoms with Crippen molar-refractivity contribution in [2.75, 3.05) is 13.2 Å². The maximum atomic E-state index is 12.3. The molecule has 1 aliphatic heterocycles. The van der Waals surface area contributed by atoms with Crippen molar-refractivity contribution in [3.05, 3.63) is 35.2 Å². The van der Waals surface area contributed by atoms with E-state index < -0.39 is 0 Å². The lowest BCUT2D eigenvalue weighted by atomic mass is 10.1. The Hall–Kier alpha value is -2.15. The summed E-state index contributed by atoms with van der Waals surface area (Å²) in [4.78, 5) is 16.4. The van der Waals surface area contributed by atoms with Gasteiger partial charge in [-0.25, -0.2) is 4.98 Å². The molecule has 0 fully saturated rings. The van der Waals surface area contributed by atoms with Crippen LogP contribution in [-0.2, 0) is 31.4 Å². The Labute approximate surface area is 122 Å². The second-order valence-electron chi connectivity index (χ2n) is 5.12. The zero-order valence-corrected chi connectivity index (χ0v) is 12.3. The Bertz CT molecular complexity index is 658. The van der Waals surface area contributed by atoms with Crippen LogP contribution in [-0.4, -0.2) is 38.4 Å². The number of amides is 1. The molecule has 0 unspecified atom stereocenters. The predicted molar refractivity (Wildman–Crippen MR) is 75.9 cm³/mol. The molecule has 1 N–H and O–H groups in total. The summed E-state index contributed by atoms with van der Waals surface area (Å²) in [6.07, 6.45) is 4.46. The van der Waals surface area contributed by atoms with Crippen LogP contribution in [0, 0.1) is 6.92 Å². The molecule has 0 aliphatic carbocycles. The van der Waals surface area contributed by atoms with Gasteiger partial charge < -0.3 is 14.6 Å². The summed E-state index contributed by atoms with van der Waals surface area (Å²) in [6, 6.07) is 0. The number of carbonyl (C=O) groups excluding carboxylic acids is 1. The summed E-state index contributed by atoms with van der Waals surface area (Å²) in [5.74, 6) is 0.794. The second kappa shape index (κ2) is 5.69. The van der Waals surface area contributed by atoms with Gasteiger partial charge in [0, 0.05) is 50.2 Å². The largest absolute Gasteiger partial charge is 0.376 e. The number of ether oxygens (including phenoxy) is 1. The van der Waals surface area contributed by atoms with E-state index in [0.717, 1.165) is 23.5 Å². The minimum Gasteiger partial charge on any atom is -0.376 e. The van der Waals surface area contributed by atoms with Crippen LogP contribution in [0.5, 0.6) is 0 Å². The first-order valence-corrected chi connectivity index (χ1v) is 7.05. The maximum Gasteiger partial charge on any atom is 0.272 e. The van der Waals surface area contributed by atoms with Crippen molar-refractivity contribution in [2.45, 2.75) is 26.5 Å². The summed E-state index contributed by atoms with van der Waals surface area (Å²) < 4.78 is 9.22. The number of imidazole rings is 1. The first-order valence-electron chi connectivity index (χ1n) is 7.05. The van der Waals surface area contributed by atoms with E-state index in [-0.39, 0.29) is 5.91 Å². The molecule has 0 radical (unpaired) electrons. The number of nitrogens with zero attached hydrogens (tertiary/aromatic N) is 4. The van der Waals surface area contributed by atoms with Crippen molar-refractivity contribution in [1.29, 1.82) is 0 Å². The third kappa shape index (κ3) is 2.69. The Morgan fingerprint density at radius 2 is 2.38 bits per heavy atom. The highest BCUT2D eigenvalue weighted by Gasteiger charge is 2.23. The Morgan fingerprint density at radius 3 is 3.14 bits per heavy atom. The summed E-state index contributed by atoms with van der Waals surface area (Å²) in [7, 11) is 1.87. The predicted octanol–water partition coefficient (Wildman–Crippen LogP) is 0.428. The minimum absolute atomic E-state index is 0.143. The van der Waals surface area contributed by atoms with Crippen LogP contribution in [0.25, 0.3) is 0 Å². The highest BCUT2D eigenvalue weighted by Crippen LogP contribution is 2.19. The van der Waals surface area contributed by atoms with E-state index in [1.165, 1.54) is 0 Å². The molecule has 3 rings (SSSR count). The zero-order chi connectivity index (χ0) is 14.8. The summed E-state index contributed by atoms with van der Waals surface area (Å²) >= 11 is 0. The molecule has 0 bridgehead atoms. The molecule has 0 aromatic carbocycles. The van der Waals surface area contributed by atoms with E-state index in [0.29, 0.717) is 32.0 Å². The summed E-state index contributed by atoms with van der Waals surface area (Å²) in [5, 5.41) is 7.24. The van der Waals surface area contributed by atoms with Crippen LogP contribution < -0.4 is 5.32 Å². The van der Waals surface area contributed by atoms with Crippen LogP contribution in [0.3, 0.4) is 0 Å². The minimum atomic E-state index is -0.143. The van der Waals surface area contributed by atoms with Crippen LogP contribution in [0.1, 0.15) is 27.6 Å². The average molecular weight is 289 g/mol. The molecule has 112 valence electrons. The van der Waals surface area contributed by atoms with Gasteiger partial charge in [-0.2, -0.15) is 5.10 Å². The van der Waals surface area contributed by atoms with Gasteiger partial charge in [-0.1, -0.05) is 0 Å². The summed E-state index contributed by atoms with van der Waals surface area (Å²) in [5.41, 5.74) is 2.49. The van der Waals surface area contributed by atoms with Crippen LogP contribution in [0.2, 0.25) is 0 Å². The number of hydrogen-bond acceptors (Lipinski definition) is 4. The fourth-order valence-corrected chi connectivity index (χ4v) is 2.61. The second-order valence-corrected chi connectivity index (χ2v) is 5.12. The lowest BCUT2D eigenvalue weighted by Gasteiger charge is -2.13. The molecule has 3 heterocycles. The van der Waals surface area contributed by atoms with Gasteiger partial charge in [0.15, 0.2) is 5.69 Å². The summed E-state index contributed by atoms with van der Waals surface area (Å²) in [6.45, 7) is 4.33. The quantitative estimate of drug-likeness (QED) is 0.885. The molecule has 0 spiro atoms. The van der Waals surface area contributed by atoms with Gasteiger partial charge in [0.2, 0.25) is 0 Å². The van der Waals surface area contributed by atoms with Gasteiger partial charge in [-0.05, 0) is 6.92 Å². The van der Waals surface area contributed by atoms with Crippen molar-refractivity contribution in [1.82, 2.24) is 24.6 Å². The van der Waals surface area contributed by atoms with Crippen LogP contribution in [0.4, 0.5) is 0 Å². The SMILES string of the molecule is Cc1nccn1CCNC(=O)c1nn(C)c2c1COCC2. The van der Waals surface area contributed by atoms with Crippen molar-refractivity contribution in [3.8, 4) is 0 Å². The number of nitrogens with one attached hydrogen (secondary N) is 1. The standard InChI is InChI=1S/C14H19N5O2/c1-10-15-4-6-19(10)7-5-16-14(20)13-11-9-21-8-3-12(11)18(2)17-13/h4,6H,3,5,7-9H2,1-2H3,(H,16,20). The first kappa shape index (κ1) is 13.8. The molecule has 1 amide bonds. The highest BCUT2D eigenvalue weighted by atomic mass is 16.5. The molecule has 0 atom stereocenters. The number of carbonyl (C=O) groups is 1. The first-order chi connectivity index (χ1) is 10.2. The Kier molecular flexibility index (Phi) is 3.74. The van der Waals surface area contributed by atoms with Gasteiger partial charge in [-0.3, -0.25) is 9.48 Å². The third-order valence-electron chi connectivity index (χ3n) is 3.78. The van der Waals surface area contributed by atoms with E-state index in [9.17, 15) is 4.79 Å².